The molecule has 0 atom stereocenters. The van der Waals surface area contributed by atoms with Crippen LogP contribution in [0.2, 0.25) is 0 Å². The van der Waals surface area contributed by atoms with Gasteiger partial charge in [-0.05, 0) is 17.8 Å². The predicted octanol–water partition coefficient (Wildman–Crippen LogP) is 6.66. The maximum atomic E-state index is 3.06. The Balaban J connectivity index is 0. The minimum atomic E-state index is 0. The van der Waals surface area contributed by atoms with Gasteiger partial charge in [0.1, 0.15) is 0 Å². The molecule has 0 unspecified atom stereocenters. The summed E-state index contributed by atoms with van der Waals surface area (Å²) in [7, 11) is 0. The molecule has 4 heteroatoms. The van der Waals surface area contributed by atoms with Crippen molar-refractivity contribution in [2.45, 2.75) is 0 Å². The average molecular weight is 453 g/mol. The molecule has 0 spiro atoms. The van der Waals surface area contributed by atoms with Crippen molar-refractivity contribution in [3.8, 4) is 16.1 Å². The SMILES string of the molecule is [CH3-].[CH3-].[H-].[H-].[Si]=[Zr].c1cc2c[cH-]sc-2c1.c1ccc2[cH-]c(-n3cccc3)cc2c1. The van der Waals surface area contributed by atoms with Gasteiger partial charge in [-0.1, -0.05) is 12.1 Å². The molecule has 0 amide bonds. The van der Waals surface area contributed by atoms with E-state index in [4.69, 9.17) is 0 Å². The van der Waals surface area contributed by atoms with E-state index in [1.165, 1.54) is 50.2 Å². The molecule has 5 rings (SSSR count). The predicted molar refractivity (Wildman–Crippen MR) is 116 cm³/mol. The summed E-state index contributed by atoms with van der Waals surface area (Å²) < 4.78 is 2.12. The van der Waals surface area contributed by atoms with Crippen molar-refractivity contribution in [1.82, 2.24) is 4.57 Å². The van der Waals surface area contributed by atoms with Crippen LogP contribution in [0.4, 0.5) is 0 Å². The molecule has 1 nitrogen and oxygen atoms in total. The summed E-state index contributed by atoms with van der Waals surface area (Å²) in [6.07, 6.45) is 4.13. The summed E-state index contributed by atoms with van der Waals surface area (Å²) in [6, 6.07) is 25.4. The van der Waals surface area contributed by atoms with Crippen LogP contribution in [0.5, 0.6) is 0 Å². The van der Waals surface area contributed by atoms with Crippen LogP contribution in [-0.4, -0.2) is 11.4 Å². The van der Waals surface area contributed by atoms with Gasteiger partial charge in [0, 0.05) is 12.4 Å². The van der Waals surface area contributed by atoms with E-state index in [0.717, 1.165) is 0 Å². The molecule has 0 N–H and O–H groups in total. The molecule has 2 aliphatic rings. The number of benzene rings is 1. The first-order valence-electron chi connectivity index (χ1n) is 7.53. The quantitative estimate of drug-likeness (QED) is 0.198. The van der Waals surface area contributed by atoms with Crippen LogP contribution in [0.15, 0.2) is 90.6 Å². The summed E-state index contributed by atoms with van der Waals surface area (Å²) in [6.45, 7) is 3.06. The first-order chi connectivity index (χ1) is 11.9. The van der Waals surface area contributed by atoms with Crippen LogP contribution < -0.4 is 0 Å². The van der Waals surface area contributed by atoms with Gasteiger partial charge in [0.05, 0.1) is 0 Å². The molecular weight excluding hydrogens is 430 g/mol. The second-order valence-electron chi connectivity index (χ2n) is 5.20. The zero-order valence-electron chi connectivity index (χ0n) is 17.0. The normalized spacial score (nSPS) is 9.19. The summed E-state index contributed by atoms with van der Waals surface area (Å²) >= 11 is 3.15. The molecule has 0 saturated carbocycles. The molecule has 0 fully saturated rings. The fraction of sp³-hybridized carbons (Fsp3) is 0. The van der Waals surface area contributed by atoms with Crippen molar-refractivity contribution in [3.05, 3.63) is 105 Å². The zero-order valence-corrected chi connectivity index (χ0v) is 19.3. The Morgan fingerprint density at radius 2 is 1.65 bits per heavy atom. The monoisotopic (exact) mass is 451 g/mol. The number of aromatic nitrogens is 1. The molecule has 1 aliphatic carbocycles. The Labute approximate surface area is 180 Å². The van der Waals surface area contributed by atoms with Crippen LogP contribution in [0.3, 0.4) is 0 Å². The maximum absolute atomic E-state index is 3.06. The summed E-state index contributed by atoms with van der Waals surface area (Å²) in [5.74, 6) is 0. The fourth-order valence-corrected chi connectivity index (χ4v) is 3.42. The number of nitrogens with zero attached hydrogens (tertiary/aromatic N) is 1. The Hall–Kier alpha value is -1.48. The number of fused-ring (bicyclic) bond motifs is 2. The number of rotatable bonds is 1. The molecule has 2 aromatic carbocycles. The standard InChI is InChI=1S/C13H10N.C7H5S.2CH3.Si.Zr.2H/c1-2-6-12-10-13(9-11(12)5-1)14-7-3-4-8-14;1-2-6-4-5-8-7(6)3-1;;;;;;/h1-10H;1-5H;2*1H3;;;;/q4*-1;;;2*-1. The van der Waals surface area contributed by atoms with Crippen LogP contribution in [-0.2, 0) is 23.3 Å². The molecule has 0 saturated heterocycles. The van der Waals surface area contributed by atoms with E-state index in [-0.39, 0.29) is 17.7 Å². The maximum Gasteiger partial charge on any atom is 0.00705 e. The molecule has 1 aliphatic heterocycles. The topological polar surface area (TPSA) is 4.93 Å². The van der Waals surface area contributed by atoms with Crippen LogP contribution >= 0.6 is 11.3 Å². The minimum Gasteiger partial charge on any atom is -0.342 e. The number of hydrogen-bond acceptors (Lipinski definition) is 1. The smallest absolute Gasteiger partial charge is 0.00705 e. The molecule has 2 heterocycles. The fourth-order valence-electron chi connectivity index (χ4n) is 2.63. The van der Waals surface area contributed by atoms with Gasteiger partial charge in [-0.3, -0.25) is 11.3 Å². The first-order valence-corrected chi connectivity index (χ1v) is 12.6. The summed E-state index contributed by atoms with van der Waals surface area (Å²) in [5, 5.41) is 4.72. The molecule has 3 aromatic rings. The van der Waals surface area contributed by atoms with Gasteiger partial charge < -0.3 is 22.3 Å². The Morgan fingerprint density at radius 3 is 2.35 bits per heavy atom. The first kappa shape index (κ1) is 22.6. The minimum absolute atomic E-state index is 0. The number of hydrogen-bond donors (Lipinski definition) is 0. The third-order valence-corrected chi connectivity index (χ3v) is 4.65. The van der Waals surface area contributed by atoms with Crippen molar-refractivity contribution < 1.29 is 26.2 Å². The molecular formula is C22H23NSSiZr-6. The zero-order chi connectivity index (χ0) is 16.8. The summed E-state index contributed by atoms with van der Waals surface area (Å²) in [5.41, 5.74) is 2.60. The Kier molecular flexibility index (Phi) is 9.79. The van der Waals surface area contributed by atoms with Crippen LogP contribution in [0.25, 0.3) is 26.9 Å². The van der Waals surface area contributed by atoms with E-state index >= 15 is 0 Å². The largest absolute Gasteiger partial charge is 0.342 e. The van der Waals surface area contributed by atoms with Crippen molar-refractivity contribution in [2.24, 2.45) is 0 Å². The van der Waals surface area contributed by atoms with E-state index in [9.17, 15) is 0 Å². The van der Waals surface area contributed by atoms with Crippen LogP contribution in [0, 0.1) is 14.9 Å². The summed E-state index contributed by atoms with van der Waals surface area (Å²) in [4.78, 5) is 1.39. The Morgan fingerprint density at radius 1 is 0.923 bits per heavy atom. The third kappa shape index (κ3) is 5.26. The van der Waals surface area contributed by atoms with Gasteiger partial charge >= 0.3 is 30.2 Å². The van der Waals surface area contributed by atoms with Gasteiger partial charge in [-0.15, -0.1) is 63.5 Å². The van der Waals surface area contributed by atoms with Gasteiger partial charge in [-0.25, -0.2) is 0 Å². The molecule has 136 valence electrons. The van der Waals surface area contributed by atoms with E-state index in [1.54, 1.807) is 11.3 Å². The molecule has 2 radical (unpaired) electrons. The second-order valence-corrected chi connectivity index (χ2v) is 6.15. The molecule has 1 aromatic heterocycles. The van der Waals surface area contributed by atoms with Crippen molar-refractivity contribution in [2.75, 3.05) is 0 Å². The third-order valence-electron chi connectivity index (χ3n) is 3.76. The van der Waals surface area contributed by atoms with Crippen molar-refractivity contribution >= 4 is 29.0 Å². The molecule has 26 heavy (non-hydrogen) atoms. The van der Waals surface area contributed by atoms with Gasteiger partial charge in [-0.2, -0.15) is 11.6 Å². The van der Waals surface area contributed by atoms with E-state index in [0.29, 0.717) is 0 Å². The Bertz CT molecular complexity index is 893. The van der Waals surface area contributed by atoms with Gasteiger partial charge in [0.25, 0.3) is 0 Å². The van der Waals surface area contributed by atoms with E-state index in [1.807, 2.05) is 12.1 Å². The van der Waals surface area contributed by atoms with Crippen molar-refractivity contribution in [1.29, 1.82) is 0 Å². The number of thiophene rings is 1. The van der Waals surface area contributed by atoms with Crippen LogP contribution in [0.1, 0.15) is 2.85 Å². The van der Waals surface area contributed by atoms with E-state index in [2.05, 4.69) is 89.9 Å². The van der Waals surface area contributed by atoms with Crippen molar-refractivity contribution in [3.63, 3.8) is 0 Å². The van der Waals surface area contributed by atoms with Gasteiger partial charge in [0.15, 0.2) is 0 Å². The van der Waals surface area contributed by atoms with Gasteiger partial charge in [0.2, 0.25) is 0 Å². The second kappa shape index (κ2) is 11.3. The molecule has 0 bridgehead atoms. The van der Waals surface area contributed by atoms with E-state index < -0.39 is 0 Å². The average Bonchev–Trinajstić information content (AvgIpc) is 3.40.